The van der Waals surface area contributed by atoms with Gasteiger partial charge in [-0.2, -0.15) is 0 Å². The van der Waals surface area contributed by atoms with Gasteiger partial charge in [-0.05, 0) is 50.5 Å². The standard InChI is InChI=1S/C19H25N3O4/c1-19(2,3)26-18(24)21-7-5-12-13-10-15-11(6-8-25-15)9-14(13)22-16(12)17(23)20-4/h9-10,22H,5-8H2,1-4H3,(H,20,23)(H,21,24). The first kappa shape index (κ1) is 18.1. The van der Waals surface area contributed by atoms with Crippen LogP contribution in [0.5, 0.6) is 5.75 Å². The number of H-pyrrole nitrogens is 1. The monoisotopic (exact) mass is 359 g/mol. The Morgan fingerprint density at radius 2 is 2.08 bits per heavy atom. The number of hydrogen-bond acceptors (Lipinski definition) is 4. The summed E-state index contributed by atoms with van der Waals surface area (Å²) in [7, 11) is 1.60. The second kappa shape index (κ2) is 6.90. The van der Waals surface area contributed by atoms with E-state index in [1.165, 1.54) is 0 Å². The molecule has 0 saturated heterocycles. The van der Waals surface area contributed by atoms with Crippen molar-refractivity contribution in [3.63, 3.8) is 0 Å². The van der Waals surface area contributed by atoms with Crippen molar-refractivity contribution in [2.75, 3.05) is 20.2 Å². The third-order valence-electron chi connectivity index (χ3n) is 4.21. The fourth-order valence-electron chi connectivity index (χ4n) is 3.11. The smallest absolute Gasteiger partial charge is 0.407 e. The molecule has 7 nitrogen and oxygen atoms in total. The second-order valence-electron chi connectivity index (χ2n) is 7.34. The van der Waals surface area contributed by atoms with Crippen LogP contribution in [0.2, 0.25) is 0 Å². The first-order valence-electron chi connectivity index (χ1n) is 8.77. The lowest BCUT2D eigenvalue weighted by Crippen LogP contribution is -2.33. The van der Waals surface area contributed by atoms with Crippen molar-refractivity contribution in [2.24, 2.45) is 0 Å². The molecule has 7 heteroatoms. The van der Waals surface area contributed by atoms with Gasteiger partial charge in [0.1, 0.15) is 17.0 Å². The lowest BCUT2D eigenvalue weighted by atomic mass is 10.0. The highest BCUT2D eigenvalue weighted by Crippen LogP contribution is 2.33. The number of fused-ring (bicyclic) bond motifs is 2. The lowest BCUT2D eigenvalue weighted by Gasteiger charge is -2.19. The maximum Gasteiger partial charge on any atom is 0.407 e. The van der Waals surface area contributed by atoms with Gasteiger partial charge in [0.2, 0.25) is 0 Å². The fourth-order valence-corrected chi connectivity index (χ4v) is 3.11. The molecule has 0 aliphatic carbocycles. The summed E-state index contributed by atoms with van der Waals surface area (Å²) in [6.07, 6.45) is 0.902. The molecule has 2 heterocycles. The minimum Gasteiger partial charge on any atom is -0.493 e. The van der Waals surface area contributed by atoms with Gasteiger partial charge in [0, 0.05) is 30.9 Å². The number of nitrogens with one attached hydrogen (secondary N) is 3. The fraction of sp³-hybridized carbons (Fsp3) is 0.474. The summed E-state index contributed by atoms with van der Waals surface area (Å²) in [4.78, 5) is 27.3. The molecule has 2 amide bonds. The molecule has 0 fully saturated rings. The topological polar surface area (TPSA) is 92.5 Å². The van der Waals surface area contributed by atoms with Crippen LogP contribution in [0.15, 0.2) is 12.1 Å². The zero-order valence-corrected chi connectivity index (χ0v) is 15.6. The van der Waals surface area contributed by atoms with E-state index in [0.29, 0.717) is 25.3 Å². The minimum atomic E-state index is -0.546. The van der Waals surface area contributed by atoms with Crippen LogP contribution in [-0.4, -0.2) is 42.8 Å². The molecular weight excluding hydrogens is 334 g/mol. The van der Waals surface area contributed by atoms with Crippen molar-refractivity contribution in [1.29, 1.82) is 0 Å². The Morgan fingerprint density at radius 1 is 1.31 bits per heavy atom. The molecule has 140 valence electrons. The summed E-state index contributed by atoms with van der Waals surface area (Å²) in [6.45, 7) is 6.49. The van der Waals surface area contributed by atoms with Gasteiger partial charge in [0.25, 0.3) is 5.91 Å². The summed E-state index contributed by atoms with van der Waals surface area (Å²) in [6, 6.07) is 4.01. The van der Waals surface area contributed by atoms with Crippen molar-refractivity contribution >= 4 is 22.9 Å². The van der Waals surface area contributed by atoms with Gasteiger partial charge < -0.3 is 25.1 Å². The number of rotatable bonds is 4. The molecule has 1 aromatic carbocycles. The van der Waals surface area contributed by atoms with Crippen LogP contribution >= 0.6 is 0 Å². The third-order valence-corrected chi connectivity index (χ3v) is 4.21. The molecule has 3 N–H and O–H groups in total. The molecule has 0 spiro atoms. The van der Waals surface area contributed by atoms with E-state index in [2.05, 4.69) is 15.6 Å². The van der Waals surface area contributed by atoms with Crippen LogP contribution in [-0.2, 0) is 17.6 Å². The Labute approximate surface area is 152 Å². The average molecular weight is 359 g/mol. The molecule has 0 atom stereocenters. The highest BCUT2D eigenvalue weighted by molar-refractivity contribution is 6.01. The number of carbonyl (C=O) groups is 2. The Kier molecular flexibility index (Phi) is 4.80. The normalized spacial score (nSPS) is 13.2. The van der Waals surface area contributed by atoms with E-state index in [4.69, 9.17) is 9.47 Å². The average Bonchev–Trinajstić information content (AvgIpc) is 3.14. The van der Waals surface area contributed by atoms with Crippen molar-refractivity contribution in [1.82, 2.24) is 15.6 Å². The molecule has 1 aliphatic rings. The van der Waals surface area contributed by atoms with Gasteiger partial charge in [-0.15, -0.1) is 0 Å². The number of alkyl carbamates (subject to hydrolysis) is 1. The molecule has 0 saturated carbocycles. The van der Waals surface area contributed by atoms with Crippen molar-refractivity contribution in [3.8, 4) is 5.75 Å². The number of amides is 2. The first-order valence-corrected chi connectivity index (χ1v) is 8.77. The molecule has 3 rings (SSSR count). The number of ether oxygens (including phenoxy) is 2. The van der Waals surface area contributed by atoms with Gasteiger partial charge in [-0.3, -0.25) is 4.79 Å². The Hall–Kier alpha value is -2.70. The third kappa shape index (κ3) is 3.76. The van der Waals surface area contributed by atoms with Crippen LogP contribution < -0.4 is 15.4 Å². The predicted octanol–water partition coefficient (Wildman–Crippen LogP) is 2.53. The van der Waals surface area contributed by atoms with E-state index in [-0.39, 0.29) is 5.91 Å². The lowest BCUT2D eigenvalue weighted by molar-refractivity contribution is 0.0528. The van der Waals surface area contributed by atoms with Gasteiger partial charge in [-0.1, -0.05) is 0 Å². The summed E-state index contributed by atoms with van der Waals surface area (Å²) in [5.41, 5.74) is 2.86. The number of benzene rings is 1. The van der Waals surface area contributed by atoms with E-state index in [9.17, 15) is 9.59 Å². The highest BCUT2D eigenvalue weighted by atomic mass is 16.6. The molecule has 0 bridgehead atoms. The summed E-state index contributed by atoms with van der Waals surface area (Å²) < 4.78 is 10.9. The molecule has 0 radical (unpaired) electrons. The molecule has 1 aliphatic heterocycles. The number of aromatic nitrogens is 1. The van der Waals surface area contributed by atoms with Crippen LogP contribution in [0, 0.1) is 0 Å². The van der Waals surface area contributed by atoms with Gasteiger partial charge in [-0.25, -0.2) is 4.79 Å². The van der Waals surface area contributed by atoms with Crippen molar-refractivity contribution < 1.29 is 19.1 Å². The Morgan fingerprint density at radius 3 is 2.77 bits per heavy atom. The molecule has 1 aromatic heterocycles. The SMILES string of the molecule is CNC(=O)c1[nH]c2cc3c(cc2c1CCNC(=O)OC(C)(C)C)OCC3. The highest BCUT2D eigenvalue weighted by Gasteiger charge is 2.21. The van der Waals surface area contributed by atoms with E-state index in [0.717, 1.165) is 34.2 Å². The maximum atomic E-state index is 12.3. The zero-order chi connectivity index (χ0) is 18.9. The second-order valence-corrected chi connectivity index (χ2v) is 7.34. The van der Waals surface area contributed by atoms with Gasteiger partial charge in [0.15, 0.2) is 0 Å². The van der Waals surface area contributed by atoms with Crippen LogP contribution in [0.1, 0.15) is 42.4 Å². The van der Waals surface area contributed by atoms with E-state index in [1.807, 2.05) is 32.9 Å². The summed E-state index contributed by atoms with van der Waals surface area (Å²) >= 11 is 0. The number of carbonyl (C=O) groups excluding carboxylic acids is 2. The summed E-state index contributed by atoms with van der Waals surface area (Å²) in [5.74, 6) is 0.677. The van der Waals surface area contributed by atoms with Crippen molar-refractivity contribution in [3.05, 3.63) is 29.0 Å². The molecule has 26 heavy (non-hydrogen) atoms. The zero-order valence-electron chi connectivity index (χ0n) is 15.6. The van der Waals surface area contributed by atoms with E-state index >= 15 is 0 Å². The first-order chi connectivity index (χ1) is 12.3. The Bertz CT molecular complexity index is 849. The predicted molar refractivity (Wildman–Crippen MR) is 98.8 cm³/mol. The van der Waals surface area contributed by atoms with Gasteiger partial charge >= 0.3 is 6.09 Å². The molecular formula is C19H25N3O4. The van der Waals surface area contributed by atoms with Gasteiger partial charge in [0.05, 0.1) is 6.61 Å². The van der Waals surface area contributed by atoms with Crippen molar-refractivity contribution in [2.45, 2.75) is 39.2 Å². The molecule has 2 aromatic rings. The minimum absolute atomic E-state index is 0.186. The van der Waals surface area contributed by atoms with E-state index < -0.39 is 11.7 Å². The largest absolute Gasteiger partial charge is 0.493 e. The van der Waals surface area contributed by atoms with Crippen LogP contribution in [0.3, 0.4) is 0 Å². The number of aromatic amines is 1. The van der Waals surface area contributed by atoms with E-state index in [1.54, 1.807) is 7.05 Å². The Balaban J connectivity index is 1.83. The quantitative estimate of drug-likeness (QED) is 0.782. The van der Waals surface area contributed by atoms with Crippen LogP contribution in [0.25, 0.3) is 10.9 Å². The number of hydrogen-bond donors (Lipinski definition) is 3. The van der Waals surface area contributed by atoms with Crippen LogP contribution in [0.4, 0.5) is 4.79 Å². The summed E-state index contributed by atoms with van der Waals surface area (Å²) in [5, 5.41) is 6.34. The molecule has 0 unspecified atom stereocenters. The maximum absolute atomic E-state index is 12.3.